The van der Waals surface area contributed by atoms with Gasteiger partial charge in [0, 0.05) is 16.7 Å². The van der Waals surface area contributed by atoms with Gasteiger partial charge < -0.3 is 4.42 Å². The van der Waals surface area contributed by atoms with Crippen molar-refractivity contribution >= 4 is 17.3 Å². The van der Waals surface area contributed by atoms with Gasteiger partial charge in [0.25, 0.3) is 5.69 Å². The molecule has 0 fully saturated rings. The van der Waals surface area contributed by atoms with Crippen molar-refractivity contribution in [2.24, 2.45) is 0 Å². The molecule has 22 heavy (non-hydrogen) atoms. The van der Waals surface area contributed by atoms with E-state index in [1.54, 1.807) is 0 Å². The standard InChI is InChI=1S/C19H11ClNO/c20-13-10-8-12(9-11-13)19-18-15-5-2-1-4-14(15)16-6-3-7-17(22-19)21(16)18/h1-11H/q+1. The van der Waals surface area contributed by atoms with E-state index in [9.17, 15) is 0 Å². The second-order valence-corrected chi connectivity index (χ2v) is 5.85. The van der Waals surface area contributed by atoms with Crippen LogP contribution in [0.5, 0.6) is 0 Å². The smallest absolute Gasteiger partial charge is 0.380 e. The van der Waals surface area contributed by atoms with Crippen LogP contribution in [0.2, 0.25) is 5.02 Å². The molecule has 0 saturated heterocycles. The largest absolute Gasteiger partial charge is 0.397 e. The summed E-state index contributed by atoms with van der Waals surface area (Å²) in [6.45, 7) is 0. The minimum absolute atomic E-state index is 0.727. The van der Waals surface area contributed by atoms with E-state index in [-0.39, 0.29) is 0 Å². The molecule has 1 aliphatic heterocycles. The van der Waals surface area contributed by atoms with Gasteiger partial charge in [-0.3, -0.25) is 0 Å². The summed E-state index contributed by atoms with van der Waals surface area (Å²) in [7, 11) is 0. The van der Waals surface area contributed by atoms with Gasteiger partial charge in [-0.15, -0.1) is 4.40 Å². The first kappa shape index (κ1) is 12.0. The molecule has 104 valence electrons. The van der Waals surface area contributed by atoms with Crippen molar-refractivity contribution in [2.75, 3.05) is 0 Å². The van der Waals surface area contributed by atoms with Gasteiger partial charge in [0.2, 0.25) is 11.5 Å². The Morgan fingerprint density at radius 1 is 0.773 bits per heavy atom. The Morgan fingerprint density at radius 2 is 1.55 bits per heavy atom. The summed E-state index contributed by atoms with van der Waals surface area (Å²) in [6.07, 6.45) is 0. The summed E-state index contributed by atoms with van der Waals surface area (Å²) >= 11 is 6.01. The molecule has 0 radical (unpaired) electrons. The van der Waals surface area contributed by atoms with Crippen molar-refractivity contribution in [1.29, 1.82) is 0 Å². The van der Waals surface area contributed by atoms with Crippen molar-refractivity contribution in [2.45, 2.75) is 0 Å². The molecule has 4 aromatic rings. The number of pyridine rings is 1. The van der Waals surface area contributed by atoms with Crippen molar-refractivity contribution in [1.82, 2.24) is 0 Å². The van der Waals surface area contributed by atoms with E-state index in [0.29, 0.717) is 0 Å². The van der Waals surface area contributed by atoms with Crippen LogP contribution in [0.25, 0.3) is 39.6 Å². The van der Waals surface area contributed by atoms with Crippen molar-refractivity contribution < 1.29 is 8.82 Å². The predicted molar refractivity (Wildman–Crippen MR) is 86.7 cm³/mol. The van der Waals surface area contributed by atoms with E-state index in [2.05, 4.69) is 34.7 Å². The molecule has 5 rings (SSSR count). The van der Waals surface area contributed by atoms with Crippen molar-refractivity contribution in [3.8, 4) is 33.8 Å². The fourth-order valence-electron chi connectivity index (χ4n) is 3.22. The molecular formula is C19H11ClNO+. The molecular weight excluding hydrogens is 294 g/mol. The molecule has 0 spiro atoms. The summed E-state index contributed by atoms with van der Waals surface area (Å²) in [5.74, 6) is 0.883. The van der Waals surface area contributed by atoms with Gasteiger partial charge in [0.15, 0.2) is 0 Å². The Balaban J connectivity index is 1.91. The second-order valence-electron chi connectivity index (χ2n) is 5.42. The first-order chi connectivity index (χ1) is 10.8. The van der Waals surface area contributed by atoms with Gasteiger partial charge in [-0.25, -0.2) is 0 Å². The third-order valence-corrected chi connectivity index (χ3v) is 4.42. The fourth-order valence-corrected chi connectivity index (χ4v) is 3.34. The maximum atomic E-state index is 6.13. The Kier molecular flexibility index (Phi) is 2.30. The van der Waals surface area contributed by atoms with Crippen LogP contribution in [0.1, 0.15) is 0 Å². The van der Waals surface area contributed by atoms with E-state index < -0.39 is 0 Å². The van der Waals surface area contributed by atoms with Gasteiger partial charge in [-0.2, -0.15) is 0 Å². The molecule has 0 atom stereocenters. The third kappa shape index (κ3) is 1.48. The maximum absolute atomic E-state index is 6.13. The highest BCUT2D eigenvalue weighted by Crippen LogP contribution is 2.41. The molecule has 2 aromatic carbocycles. The minimum Gasteiger partial charge on any atom is -0.397 e. The SMILES string of the molecule is Clc1ccc(-c2oc3cccc4[n+]3c2-c2ccccc2-4)cc1. The van der Waals surface area contributed by atoms with Crippen LogP contribution in [0.4, 0.5) is 0 Å². The lowest BCUT2D eigenvalue weighted by Crippen LogP contribution is -2.20. The van der Waals surface area contributed by atoms with Gasteiger partial charge in [0.1, 0.15) is 0 Å². The Morgan fingerprint density at radius 3 is 2.36 bits per heavy atom. The number of hydrogen-bond donors (Lipinski definition) is 0. The molecule has 2 nitrogen and oxygen atoms in total. The van der Waals surface area contributed by atoms with Crippen molar-refractivity contribution in [3.05, 3.63) is 71.8 Å². The van der Waals surface area contributed by atoms with Crippen LogP contribution in [0.15, 0.2) is 71.1 Å². The average Bonchev–Trinajstić information content (AvgIpc) is 3.10. The summed E-state index contributed by atoms with van der Waals surface area (Å²) in [5, 5.41) is 0.727. The molecule has 3 heteroatoms. The third-order valence-electron chi connectivity index (χ3n) is 4.16. The number of nitrogens with zero attached hydrogens (tertiary/aromatic N) is 1. The van der Waals surface area contributed by atoms with Crippen LogP contribution in [-0.4, -0.2) is 0 Å². The summed E-state index contributed by atoms with van der Waals surface area (Å²) in [4.78, 5) is 0. The summed E-state index contributed by atoms with van der Waals surface area (Å²) < 4.78 is 8.32. The number of fused-ring (bicyclic) bond motifs is 3. The number of oxazole rings is 1. The number of halogens is 1. The van der Waals surface area contributed by atoms with Crippen LogP contribution >= 0.6 is 11.6 Å². The number of hydrogen-bond acceptors (Lipinski definition) is 1. The lowest BCUT2D eigenvalue weighted by Gasteiger charge is -1.98. The zero-order valence-electron chi connectivity index (χ0n) is 11.6. The van der Waals surface area contributed by atoms with Gasteiger partial charge >= 0.3 is 5.71 Å². The quantitative estimate of drug-likeness (QED) is 0.399. The second kappa shape index (κ2) is 4.21. The van der Waals surface area contributed by atoms with E-state index >= 15 is 0 Å². The molecule has 3 heterocycles. The van der Waals surface area contributed by atoms with E-state index in [4.69, 9.17) is 16.0 Å². The van der Waals surface area contributed by atoms with Gasteiger partial charge in [-0.05, 0) is 42.5 Å². The highest BCUT2D eigenvalue weighted by Gasteiger charge is 2.36. The first-order valence-electron chi connectivity index (χ1n) is 7.16. The van der Waals surface area contributed by atoms with E-state index in [1.807, 2.05) is 36.4 Å². The van der Waals surface area contributed by atoms with Gasteiger partial charge in [-0.1, -0.05) is 23.7 Å². The molecule has 0 N–H and O–H groups in total. The number of benzene rings is 2. The minimum atomic E-state index is 0.727. The highest BCUT2D eigenvalue weighted by atomic mass is 35.5. The highest BCUT2D eigenvalue weighted by molar-refractivity contribution is 6.30. The molecule has 2 aromatic heterocycles. The normalized spacial score (nSPS) is 11.9. The van der Waals surface area contributed by atoms with Gasteiger partial charge in [0.05, 0.1) is 17.2 Å². The zero-order valence-corrected chi connectivity index (χ0v) is 12.3. The molecule has 0 saturated carbocycles. The van der Waals surface area contributed by atoms with Crippen LogP contribution < -0.4 is 4.40 Å². The van der Waals surface area contributed by atoms with Crippen LogP contribution in [0.3, 0.4) is 0 Å². The first-order valence-corrected chi connectivity index (χ1v) is 7.54. The molecule has 0 amide bonds. The van der Waals surface area contributed by atoms with E-state index in [0.717, 1.165) is 27.8 Å². The monoisotopic (exact) mass is 304 g/mol. The summed E-state index contributed by atoms with van der Waals surface area (Å²) in [5.41, 5.74) is 6.63. The Hall–Kier alpha value is -2.58. The van der Waals surface area contributed by atoms with Crippen LogP contribution in [0, 0.1) is 0 Å². The molecule has 0 bridgehead atoms. The summed E-state index contributed by atoms with van der Waals surface area (Å²) in [6, 6.07) is 22.4. The molecule has 0 unspecified atom stereocenters. The van der Waals surface area contributed by atoms with Crippen molar-refractivity contribution in [3.63, 3.8) is 0 Å². The van der Waals surface area contributed by atoms with E-state index in [1.165, 1.54) is 16.8 Å². The molecule has 1 aliphatic rings. The number of rotatable bonds is 1. The lowest BCUT2D eigenvalue weighted by molar-refractivity contribution is -0.485. The maximum Gasteiger partial charge on any atom is 0.380 e. The number of aromatic nitrogens is 1. The Bertz CT molecular complexity index is 1030. The molecule has 0 aliphatic carbocycles. The lowest BCUT2D eigenvalue weighted by atomic mass is 10.0. The zero-order chi connectivity index (χ0) is 14.7. The Labute approximate surface area is 132 Å². The predicted octanol–water partition coefficient (Wildman–Crippen LogP) is 4.99. The fraction of sp³-hybridized carbons (Fsp3) is 0. The topological polar surface area (TPSA) is 17.2 Å². The van der Waals surface area contributed by atoms with Crippen LogP contribution in [-0.2, 0) is 0 Å². The average molecular weight is 305 g/mol.